The summed E-state index contributed by atoms with van der Waals surface area (Å²) >= 11 is 1.58. The van der Waals surface area contributed by atoms with E-state index in [0.29, 0.717) is 25.6 Å². The molecule has 5 nitrogen and oxygen atoms in total. The molecule has 0 bridgehead atoms. The second-order valence-corrected chi connectivity index (χ2v) is 7.33. The van der Waals surface area contributed by atoms with Gasteiger partial charge in [0.25, 0.3) is 0 Å². The summed E-state index contributed by atoms with van der Waals surface area (Å²) in [6, 6.07) is 15.9. The van der Waals surface area contributed by atoms with Crippen LogP contribution in [-0.4, -0.2) is 24.2 Å². The van der Waals surface area contributed by atoms with Crippen LogP contribution in [0.3, 0.4) is 0 Å². The Balaban J connectivity index is 1.61. The highest BCUT2D eigenvalue weighted by molar-refractivity contribution is 7.08. The molecule has 1 aromatic carbocycles. The molecule has 0 fully saturated rings. The minimum Gasteiger partial charge on any atom is -0.469 e. The van der Waals surface area contributed by atoms with Gasteiger partial charge in [-0.2, -0.15) is 11.3 Å². The third-order valence-electron chi connectivity index (χ3n) is 4.25. The van der Waals surface area contributed by atoms with Gasteiger partial charge in [-0.1, -0.05) is 30.3 Å². The van der Waals surface area contributed by atoms with E-state index in [4.69, 9.17) is 4.42 Å². The van der Waals surface area contributed by atoms with E-state index in [1.807, 2.05) is 59.3 Å². The van der Waals surface area contributed by atoms with Crippen LogP contribution in [0.4, 0.5) is 0 Å². The number of nitrogens with zero attached hydrogens (tertiary/aromatic N) is 1. The zero-order valence-electron chi connectivity index (χ0n) is 15.4. The van der Waals surface area contributed by atoms with Crippen LogP contribution >= 0.6 is 11.3 Å². The molecule has 3 aromatic rings. The van der Waals surface area contributed by atoms with Crippen LogP contribution < -0.4 is 10.6 Å². The van der Waals surface area contributed by atoms with Gasteiger partial charge in [-0.25, -0.2) is 4.99 Å². The molecule has 0 spiro atoms. The smallest absolute Gasteiger partial charge is 0.191 e. The van der Waals surface area contributed by atoms with Crippen molar-refractivity contribution in [2.24, 2.45) is 4.99 Å². The van der Waals surface area contributed by atoms with Crippen molar-refractivity contribution in [1.29, 1.82) is 0 Å². The van der Waals surface area contributed by atoms with Gasteiger partial charge in [0, 0.05) is 13.0 Å². The summed E-state index contributed by atoms with van der Waals surface area (Å²) in [5.41, 5.74) is 1.07. The van der Waals surface area contributed by atoms with Crippen LogP contribution in [0.1, 0.15) is 23.8 Å². The maximum atomic E-state index is 10.7. The molecule has 2 heterocycles. The number of rotatable bonds is 8. The lowest BCUT2D eigenvalue weighted by molar-refractivity contribution is 0.0621. The van der Waals surface area contributed by atoms with Crippen molar-refractivity contribution in [3.05, 3.63) is 82.4 Å². The van der Waals surface area contributed by atoms with Gasteiger partial charge >= 0.3 is 0 Å². The van der Waals surface area contributed by atoms with Crippen molar-refractivity contribution in [2.45, 2.75) is 25.5 Å². The van der Waals surface area contributed by atoms with Gasteiger partial charge in [-0.3, -0.25) is 0 Å². The summed E-state index contributed by atoms with van der Waals surface area (Å²) in [5.74, 6) is 1.59. The molecule has 0 saturated carbocycles. The molecule has 0 aliphatic carbocycles. The van der Waals surface area contributed by atoms with Gasteiger partial charge in [-0.15, -0.1) is 0 Å². The number of benzene rings is 1. The fourth-order valence-electron chi connectivity index (χ4n) is 2.62. The first kappa shape index (κ1) is 19.2. The Bertz CT molecular complexity index is 813. The maximum absolute atomic E-state index is 10.7. The number of aliphatic hydroxyl groups is 1. The van der Waals surface area contributed by atoms with Gasteiger partial charge in [0.15, 0.2) is 5.96 Å². The van der Waals surface area contributed by atoms with E-state index in [2.05, 4.69) is 15.6 Å². The van der Waals surface area contributed by atoms with E-state index in [9.17, 15) is 5.11 Å². The summed E-state index contributed by atoms with van der Waals surface area (Å²) in [4.78, 5) is 4.65. The van der Waals surface area contributed by atoms with E-state index >= 15 is 0 Å². The van der Waals surface area contributed by atoms with Crippen molar-refractivity contribution in [1.82, 2.24) is 10.6 Å². The fourth-order valence-corrected chi connectivity index (χ4v) is 3.40. The molecule has 1 unspecified atom stereocenters. The van der Waals surface area contributed by atoms with E-state index in [-0.39, 0.29) is 0 Å². The fraction of sp³-hybridized carbons (Fsp3) is 0.286. The minimum absolute atomic E-state index is 0.366. The third kappa shape index (κ3) is 5.98. The number of guanidine groups is 1. The highest BCUT2D eigenvalue weighted by atomic mass is 32.1. The Labute approximate surface area is 163 Å². The van der Waals surface area contributed by atoms with Crippen molar-refractivity contribution in [3.8, 4) is 0 Å². The molecule has 0 aliphatic heterocycles. The number of aliphatic imine (C=N–C) groups is 1. The average molecular weight is 384 g/mol. The summed E-state index contributed by atoms with van der Waals surface area (Å²) in [6.45, 7) is 3.43. The molecule has 1 atom stereocenters. The van der Waals surface area contributed by atoms with Crippen LogP contribution in [0.5, 0.6) is 0 Å². The van der Waals surface area contributed by atoms with Crippen molar-refractivity contribution in [3.63, 3.8) is 0 Å². The highest BCUT2D eigenvalue weighted by Crippen LogP contribution is 2.21. The first-order valence-electron chi connectivity index (χ1n) is 8.97. The molecule has 6 heteroatoms. The predicted octanol–water partition coefficient (Wildman–Crippen LogP) is 3.53. The van der Waals surface area contributed by atoms with Gasteiger partial charge in [0.1, 0.15) is 11.4 Å². The number of furan rings is 1. The minimum atomic E-state index is -0.962. The van der Waals surface area contributed by atoms with E-state index in [1.165, 1.54) is 0 Å². The quantitative estimate of drug-likeness (QED) is 0.411. The number of hydrogen-bond donors (Lipinski definition) is 3. The standard InChI is InChI=1S/C21H25N3O2S/c1-21(25,18-10-13-27-15-18)16-24-20(22-11-9-19-8-5-12-26-19)23-14-17-6-3-2-4-7-17/h2-8,10,12-13,15,25H,9,11,14,16H2,1H3,(H2,22,23,24). The summed E-state index contributed by atoms with van der Waals surface area (Å²) in [6.07, 6.45) is 2.44. The molecule has 0 amide bonds. The van der Waals surface area contributed by atoms with Crippen molar-refractivity contribution in [2.75, 3.05) is 13.1 Å². The predicted molar refractivity (Wildman–Crippen MR) is 110 cm³/mol. The first-order chi connectivity index (χ1) is 13.1. The molecule has 142 valence electrons. The van der Waals surface area contributed by atoms with Crippen molar-refractivity contribution >= 4 is 17.3 Å². The van der Waals surface area contributed by atoms with E-state index < -0.39 is 5.60 Å². The van der Waals surface area contributed by atoms with Crippen LogP contribution in [0.2, 0.25) is 0 Å². The van der Waals surface area contributed by atoms with Crippen LogP contribution in [0.25, 0.3) is 0 Å². The molecular formula is C21H25N3O2S. The molecule has 0 saturated heterocycles. The molecule has 0 radical (unpaired) electrons. The van der Waals surface area contributed by atoms with Crippen LogP contribution in [0, 0.1) is 0 Å². The van der Waals surface area contributed by atoms with E-state index in [1.54, 1.807) is 24.5 Å². The Morgan fingerprint density at radius 3 is 2.70 bits per heavy atom. The van der Waals surface area contributed by atoms with Crippen molar-refractivity contribution < 1.29 is 9.52 Å². The van der Waals surface area contributed by atoms with E-state index in [0.717, 1.165) is 23.3 Å². The highest BCUT2D eigenvalue weighted by Gasteiger charge is 2.23. The van der Waals surface area contributed by atoms with Gasteiger partial charge in [0.05, 0.1) is 19.4 Å². The molecule has 3 N–H and O–H groups in total. The molecular weight excluding hydrogens is 358 g/mol. The number of thiophene rings is 1. The number of hydrogen-bond acceptors (Lipinski definition) is 4. The normalized spacial score (nSPS) is 13.9. The van der Waals surface area contributed by atoms with Gasteiger partial charge < -0.3 is 20.2 Å². The Morgan fingerprint density at radius 1 is 1.15 bits per heavy atom. The molecule has 27 heavy (non-hydrogen) atoms. The zero-order chi connectivity index (χ0) is 19.0. The molecule has 3 rings (SSSR count). The third-order valence-corrected chi connectivity index (χ3v) is 4.93. The topological polar surface area (TPSA) is 69.8 Å². The lowest BCUT2D eigenvalue weighted by Gasteiger charge is -2.24. The van der Waals surface area contributed by atoms with Gasteiger partial charge in [-0.05, 0) is 47.0 Å². The first-order valence-corrected chi connectivity index (χ1v) is 9.91. The van der Waals surface area contributed by atoms with Gasteiger partial charge in [0.2, 0.25) is 0 Å². The summed E-state index contributed by atoms with van der Waals surface area (Å²) in [5, 5.41) is 21.2. The SMILES string of the molecule is CC(O)(CNC(=NCc1ccccc1)NCCc1ccco1)c1ccsc1. The summed E-state index contributed by atoms with van der Waals surface area (Å²) < 4.78 is 5.37. The Kier molecular flexibility index (Phi) is 6.68. The summed E-state index contributed by atoms with van der Waals surface area (Å²) in [7, 11) is 0. The lowest BCUT2D eigenvalue weighted by Crippen LogP contribution is -2.45. The zero-order valence-corrected chi connectivity index (χ0v) is 16.2. The molecule has 2 aromatic heterocycles. The Morgan fingerprint density at radius 2 is 2.00 bits per heavy atom. The second kappa shape index (κ2) is 9.39. The largest absolute Gasteiger partial charge is 0.469 e. The van der Waals surface area contributed by atoms with Crippen LogP contribution in [0.15, 0.2) is 75.0 Å². The van der Waals surface area contributed by atoms with Crippen LogP contribution in [-0.2, 0) is 18.6 Å². The lowest BCUT2D eigenvalue weighted by atomic mass is 9.99. The molecule has 0 aliphatic rings. The number of nitrogens with one attached hydrogen (secondary N) is 2. The monoisotopic (exact) mass is 383 g/mol. The maximum Gasteiger partial charge on any atom is 0.191 e. The second-order valence-electron chi connectivity index (χ2n) is 6.55. The Hall–Kier alpha value is -2.57. The average Bonchev–Trinajstić information content (AvgIpc) is 3.38.